The standard InChI is InChI=1S/C15H24N6O2S/c1-13(2)20-6-3-4-14(15(20)24)12-16-5-7-18-8-10-19(11-9-18)21(23)17-22/h3-4,6,12-13,22H,5,7-11H2,1-2H3/b16-12?,21-17-. The molecule has 0 radical (unpaired) electrons. The summed E-state index contributed by atoms with van der Waals surface area (Å²) >= 11 is 5.48. The van der Waals surface area contributed by atoms with E-state index in [1.54, 1.807) is 0 Å². The second kappa shape index (κ2) is 8.74. The lowest BCUT2D eigenvalue weighted by Gasteiger charge is -2.30. The van der Waals surface area contributed by atoms with Crippen LogP contribution in [0.2, 0.25) is 0 Å². The zero-order chi connectivity index (χ0) is 17.5. The fourth-order valence-corrected chi connectivity index (χ4v) is 2.98. The second-order valence-corrected chi connectivity index (χ2v) is 6.33. The highest BCUT2D eigenvalue weighted by Crippen LogP contribution is 2.08. The predicted octanol–water partition coefficient (Wildman–Crippen LogP) is 2.10. The summed E-state index contributed by atoms with van der Waals surface area (Å²) < 4.78 is 2.85. The van der Waals surface area contributed by atoms with Gasteiger partial charge in [-0.3, -0.25) is 9.89 Å². The molecule has 0 atom stereocenters. The van der Waals surface area contributed by atoms with Gasteiger partial charge in [-0.25, -0.2) is 0 Å². The Morgan fingerprint density at radius 1 is 1.38 bits per heavy atom. The van der Waals surface area contributed by atoms with Gasteiger partial charge in [0, 0.05) is 43.7 Å². The zero-order valence-electron chi connectivity index (χ0n) is 14.1. The maximum Gasteiger partial charge on any atom is 0.230 e. The summed E-state index contributed by atoms with van der Waals surface area (Å²) in [6.07, 6.45) is 3.82. The first-order chi connectivity index (χ1) is 11.5. The SMILES string of the molecule is CC(C)n1cccc(C=NCCN2CCN(/[N+]([O-])=N/O)CC2)c1=S. The third-order valence-corrected chi connectivity index (χ3v) is 4.45. The number of aromatic nitrogens is 1. The summed E-state index contributed by atoms with van der Waals surface area (Å²) in [6, 6.07) is 4.29. The second-order valence-electron chi connectivity index (χ2n) is 5.94. The van der Waals surface area contributed by atoms with Crippen molar-refractivity contribution in [3.05, 3.63) is 33.7 Å². The first kappa shape index (κ1) is 18.3. The monoisotopic (exact) mass is 352 g/mol. The van der Waals surface area contributed by atoms with E-state index in [0.29, 0.717) is 25.7 Å². The molecule has 0 aliphatic carbocycles. The molecule has 0 saturated carbocycles. The number of rotatable bonds is 6. The Labute approximate surface area is 146 Å². The van der Waals surface area contributed by atoms with Crippen LogP contribution < -0.4 is 0 Å². The van der Waals surface area contributed by atoms with E-state index in [4.69, 9.17) is 17.4 Å². The maximum absolute atomic E-state index is 11.2. The van der Waals surface area contributed by atoms with E-state index in [1.165, 1.54) is 5.01 Å². The van der Waals surface area contributed by atoms with Crippen molar-refractivity contribution in [3.8, 4) is 0 Å². The Balaban J connectivity index is 1.82. The van der Waals surface area contributed by atoms with E-state index in [2.05, 4.69) is 33.6 Å². The first-order valence-corrected chi connectivity index (χ1v) is 8.44. The van der Waals surface area contributed by atoms with Crippen LogP contribution in [0.4, 0.5) is 0 Å². The van der Waals surface area contributed by atoms with Crippen molar-refractivity contribution in [2.24, 2.45) is 10.3 Å². The van der Waals surface area contributed by atoms with Crippen LogP contribution >= 0.6 is 12.2 Å². The van der Waals surface area contributed by atoms with Gasteiger partial charge in [0.05, 0.1) is 24.6 Å². The Hall–Kier alpha value is -2.00. The van der Waals surface area contributed by atoms with Crippen LogP contribution in [-0.4, -0.2) is 70.1 Å². The van der Waals surface area contributed by atoms with Gasteiger partial charge in [0.1, 0.15) is 4.64 Å². The Morgan fingerprint density at radius 2 is 2.08 bits per heavy atom. The normalized spacial score (nSPS) is 17.1. The lowest BCUT2D eigenvalue weighted by Crippen LogP contribution is -2.49. The maximum atomic E-state index is 11.2. The molecule has 2 rings (SSSR count). The summed E-state index contributed by atoms with van der Waals surface area (Å²) in [7, 11) is 0. The van der Waals surface area contributed by atoms with Crippen LogP contribution in [0.5, 0.6) is 0 Å². The highest BCUT2D eigenvalue weighted by molar-refractivity contribution is 7.71. The number of nitrogens with zero attached hydrogens (tertiary/aromatic N) is 6. The summed E-state index contributed by atoms with van der Waals surface area (Å²) in [5.41, 5.74) is 0.956. The van der Waals surface area contributed by atoms with Gasteiger partial charge in [-0.2, -0.15) is 0 Å². The largest absolute Gasteiger partial charge is 0.569 e. The smallest absolute Gasteiger partial charge is 0.230 e. The number of aliphatic imine (C=N–C) groups is 1. The van der Waals surface area contributed by atoms with Gasteiger partial charge < -0.3 is 15.0 Å². The summed E-state index contributed by atoms with van der Waals surface area (Å²) in [5.74, 6) is 0. The highest BCUT2D eigenvalue weighted by atomic mass is 32.1. The minimum absolute atomic E-state index is 0.236. The van der Waals surface area contributed by atoms with E-state index >= 15 is 0 Å². The van der Waals surface area contributed by atoms with Gasteiger partial charge in [-0.1, -0.05) is 12.2 Å². The van der Waals surface area contributed by atoms with Crippen LogP contribution in [-0.2, 0) is 0 Å². The molecule has 0 unspecified atom stereocenters. The lowest BCUT2D eigenvalue weighted by atomic mass is 10.3. The molecule has 0 amide bonds. The lowest BCUT2D eigenvalue weighted by molar-refractivity contribution is -0.711. The van der Waals surface area contributed by atoms with Crippen LogP contribution in [0.1, 0.15) is 25.5 Å². The summed E-state index contributed by atoms with van der Waals surface area (Å²) in [5, 5.41) is 23.7. The van der Waals surface area contributed by atoms with Crippen LogP contribution in [0.25, 0.3) is 0 Å². The van der Waals surface area contributed by atoms with Gasteiger partial charge >= 0.3 is 0 Å². The van der Waals surface area contributed by atoms with Crippen LogP contribution in [0.3, 0.4) is 0 Å². The molecule has 1 fully saturated rings. The molecule has 1 aromatic heterocycles. The molecule has 1 aliphatic heterocycles. The molecule has 0 bridgehead atoms. The van der Waals surface area contributed by atoms with Gasteiger partial charge in [0.2, 0.25) is 5.28 Å². The van der Waals surface area contributed by atoms with E-state index in [0.717, 1.165) is 29.8 Å². The number of hydrogen-bond donors (Lipinski definition) is 1. The Morgan fingerprint density at radius 3 is 2.71 bits per heavy atom. The molecule has 132 valence electrons. The first-order valence-electron chi connectivity index (χ1n) is 8.03. The minimum atomic E-state index is 0.236. The molecule has 0 aromatic carbocycles. The molecular formula is C15H24N6O2S. The van der Waals surface area contributed by atoms with Gasteiger partial charge in [-0.15, -0.1) is 5.01 Å². The molecular weight excluding hydrogens is 328 g/mol. The molecule has 1 N–H and O–H groups in total. The molecule has 2 heterocycles. The predicted molar refractivity (Wildman–Crippen MR) is 94.0 cm³/mol. The van der Waals surface area contributed by atoms with Crippen LogP contribution in [0.15, 0.2) is 28.6 Å². The topological polar surface area (TPSA) is 82.4 Å². The molecule has 1 aromatic rings. The number of hydrazine groups is 1. The number of pyridine rings is 1. The fourth-order valence-electron chi connectivity index (χ4n) is 2.58. The molecule has 1 aliphatic rings. The summed E-state index contributed by atoms with van der Waals surface area (Å²) in [6.45, 7) is 8.28. The minimum Gasteiger partial charge on any atom is -0.569 e. The van der Waals surface area contributed by atoms with E-state index in [1.807, 2.05) is 24.5 Å². The van der Waals surface area contributed by atoms with E-state index in [-0.39, 0.29) is 4.97 Å². The summed E-state index contributed by atoms with van der Waals surface area (Å²) in [4.78, 5) is 6.94. The molecule has 0 spiro atoms. The average molecular weight is 352 g/mol. The van der Waals surface area contributed by atoms with Crippen molar-refractivity contribution < 1.29 is 10.2 Å². The Bertz CT molecular complexity index is 650. The van der Waals surface area contributed by atoms with Crippen molar-refractivity contribution in [3.63, 3.8) is 0 Å². The van der Waals surface area contributed by atoms with E-state index < -0.39 is 0 Å². The van der Waals surface area contributed by atoms with E-state index in [9.17, 15) is 5.21 Å². The molecule has 9 heteroatoms. The molecule has 8 nitrogen and oxygen atoms in total. The van der Waals surface area contributed by atoms with Gasteiger partial charge in [-0.05, 0) is 26.0 Å². The zero-order valence-corrected chi connectivity index (χ0v) is 14.9. The molecule has 1 saturated heterocycles. The average Bonchev–Trinajstić information content (AvgIpc) is 2.59. The van der Waals surface area contributed by atoms with Crippen LogP contribution in [0, 0.1) is 9.85 Å². The fraction of sp³-hybridized carbons (Fsp3) is 0.600. The van der Waals surface area contributed by atoms with Crippen molar-refractivity contribution in [2.45, 2.75) is 19.9 Å². The Kier molecular flexibility index (Phi) is 6.68. The van der Waals surface area contributed by atoms with Crippen molar-refractivity contribution in [1.82, 2.24) is 14.5 Å². The van der Waals surface area contributed by atoms with Crippen molar-refractivity contribution >= 4 is 18.4 Å². The third kappa shape index (κ3) is 4.75. The molecule has 24 heavy (non-hydrogen) atoms. The quantitative estimate of drug-likeness (QED) is 0.279. The third-order valence-electron chi connectivity index (χ3n) is 4.00. The van der Waals surface area contributed by atoms with Crippen molar-refractivity contribution in [1.29, 1.82) is 0 Å². The highest BCUT2D eigenvalue weighted by Gasteiger charge is 2.21. The number of hydrogen-bond acceptors (Lipinski definition) is 5. The number of piperazine rings is 1. The van der Waals surface area contributed by atoms with Gasteiger partial charge in [0.15, 0.2) is 0 Å². The van der Waals surface area contributed by atoms with Crippen molar-refractivity contribution in [2.75, 3.05) is 39.3 Å². The van der Waals surface area contributed by atoms with Gasteiger partial charge in [0.25, 0.3) is 0 Å².